The average molecular weight is 465 g/mol. The molecule has 2 unspecified atom stereocenters. The predicted molar refractivity (Wildman–Crippen MR) is 123 cm³/mol. The fourth-order valence-electron chi connectivity index (χ4n) is 3.79. The second kappa shape index (κ2) is 9.83. The Labute approximate surface area is 195 Å². The molecule has 9 nitrogen and oxygen atoms in total. The number of carbonyl (C=O) groups is 2. The predicted octanol–water partition coefficient (Wildman–Crippen LogP) is 4.13. The van der Waals surface area contributed by atoms with Gasteiger partial charge in [0.2, 0.25) is 5.91 Å². The minimum Gasteiger partial charge on any atom is -0.438 e. The summed E-state index contributed by atoms with van der Waals surface area (Å²) < 4.78 is 5.52. The van der Waals surface area contributed by atoms with Crippen molar-refractivity contribution in [1.29, 1.82) is 5.26 Å². The number of nitrogens with one attached hydrogen (secondary N) is 2. The molecule has 3 aromatic rings. The Bertz CT molecular complexity index is 1170. The monoisotopic (exact) mass is 464 g/mol. The van der Waals surface area contributed by atoms with Gasteiger partial charge >= 0.3 is 6.09 Å². The highest BCUT2D eigenvalue weighted by atomic mass is 32.1. The second-order valence-corrected chi connectivity index (χ2v) is 9.04. The van der Waals surface area contributed by atoms with Gasteiger partial charge in [0.15, 0.2) is 6.10 Å². The number of imidazole rings is 1. The smallest absolute Gasteiger partial charge is 0.410 e. The number of aromatic amines is 1. The van der Waals surface area contributed by atoms with Crippen LogP contribution in [-0.2, 0) is 22.5 Å². The number of nitrogens with zero attached hydrogens (tertiary/aromatic N) is 4. The first-order chi connectivity index (χ1) is 16.0. The van der Waals surface area contributed by atoms with Crippen molar-refractivity contribution in [1.82, 2.24) is 19.9 Å². The number of hydrogen-bond donors (Lipinski definition) is 2. The molecule has 0 fully saturated rings. The van der Waals surface area contributed by atoms with E-state index >= 15 is 0 Å². The van der Waals surface area contributed by atoms with Crippen LogP contribution >= 0.6 is 11.3 Å². The van der Waals surface area contributed by atoms with Crippen LogP contribution in [0.25, 0.3) is 0 Å². The lowest BCUT2D eigenvalue weighted by Gasteiger charge is -2.27. The van der Waals surface area contributed by atoms with Crippen molar-refractivity contribution in [3.8, 4) is 6.07 Å². The van der Waals surface area contributed by atoms with Gasteiger partial charge in [-0.15, -0.1) is 11.3 Å². The van der Waals surface area contributed by atoms with Crippen LogP contribution < -0.4 is 5.32 Å². The Morgan fingerprint density at radius 2 is 2.24 bits per heavy atom. The summed E-state index contributed by atoms with van der Waals surface area (Å²) in [5.74, 6) is 0.416. The number of anilines is 1. The van der Waals surface area contributed by atoms with Crippen molar-refractivity contribution in [2.24, 2.45) is 0 Å². The minimum absolute atomic E-state index is 0.000218. The van der Waals surface area contributed by atoms with Crippen molar-refractivity contribution < 1.29 is 14.3 Å². The first-order valence-electron chi connectivity index (χ1n) is 10.7. The zero-order valence-electron chi connectivity index (χ0n) is 18.4. The molecule has 0 radical (unpaired) electrons. The summed E-state index contributed by atoms with van der Waals surface area (Å²) >= 11 is 1.34. The SMILES string of the molecule is CC(CC(=O)Nc1sc2c(c1C#N)CCN(C(=O)OC(C)c1ncc[nH]1)C2)c1cccnc1. The number of H-pyrrole nitrogens is 1. The molecule has 0 spiro atoms. The summed E-state index contributed by atoms with van der Waals surface area (Å²) in [6.07, 6.45) is 6.61. The first kappa shape index (κ1) is 22.5. The maximum atomic E-state index is 12.7. The molecule has 0 aliphatic carbocycles. The second-order valence-electron chi connectivity index (χ2n) is 7.93. The Morgan fingerprint density at radius 3 is 2.94 bits per heavy atom. The van der Waals surface area contributed by atoms with Gasteiger partial charge in [0.1, 0.15) is 16.9 Å². The molecule has 2 N–H and O–H groups in total. The average Bonchev–Trinajstić information content (AvgIpc) is 3.46. The molecule has 0 saturated heterocycles. The Kier molecular flexibility index (Phi) is 6.70. The van der Waals surface area contributed by atoms with Crippen LogP contribution in [0.5, 0.6) is 0 Å². The summed E-state index contributed by atoms with van der Waals surface area (Å²) in [6, 6.07) is 6.01. The molecular weight excluding hydrogens is 440 g/mol. The number of thiophene rings is 1. The van der Waals surface area contributed by atoms with Gasteiger partial charge in [0, 0.05) is 42.6 Å². The summed E-state index contributed by atoms with van der Waals surface area (Å²) in [6.45, 7) is 4.49. The van der Waals surface area contributed by atoms with E-state index in [4.69, 9.17) is 4.74 Å². The molecule has 1 aliphatic rings. The number of ether oxygens (including phenoxy) is 1. The normalized spacial score (nSPS) is 14.6. The van der Waals surface area contributed by atoms with Crippen LogP contribution in [0.15, 0.2) is 36.9 Å². The van der Waals surface area contributed by atoms with E-state index in [1.54, 1.807) is 36.6 Å². The summed E-state index contributed by atoms with van der Waals surface area (Å²) in [5.41, 5.74) is 2.35. The number of hydrogen-bond acceptors (Lipinski definition) is 7. The van der Waals surface area contributed by atoms with Crippen LogP contribution in [-0.4, -0.2) is 38.4 Å². The Hall–Kier alpha value is -3.71. The molecule has 4 rings (SSSR count). The lowest BCUT2D eigenvalue weighted by atomic mass is 9.99. The third-order valence-corrected chi connectivity index (χ3v) is 6.74. The molecule has 10 heteroatoms. The summed E-state index contributed by atoms with van der Waals surface area (Å²) in [5, 5.41) is 13.2. The van der Waals surface area contributed by atoms with Crippen molar-refractivity contribution >= 4 is 28.3 Å². The highest BCUT2D eigenvalue weighted by Crippen LogP contribution is 2.37. The molecule has 2 atom stereocenters. The zero-order chi connectivity index (χ0) is 23.4. The summed E-state index contributed by atoms with van der Waals surface area (Å²) in [4.78, 5) is 38.9. The van der Waals surface area contributed by atoms with Gasteiger partial charge in [0.25, 0.3) is 0 Å². The van der Waals surface area contributed by atoms with E-state index in [-0.39, 0.29) is 18.2 Å². The molecular formula is C23H24N6O3S. The van der Waals surface area contributed by atoms with E-state index in [0.717, 1.165) is 16.0 Å². The molecule has 0 bridgehead atoms. The van der Waals surface area contributed by atoms with Gasteiger partial charge < -0.3 is 19.9 Å². The summed E-state index contributed by atoms with van der Waals surface area (Å²) in [7, 11) is 0. The first-order valence-corrected chi connectivity index (χ1v) is 11.5. The van der Waals surface area contributed by atoms with Crippen molar-refractivity contribution in [2.75, 3.05) is 11.9 Å². The molecule has 1 aliphatic heterocycles. The van der Waals surface area contributed by atoms with Crippen LogP contribution in [0, 0.1) is 11.3 Å². The molecule has 0 saturated carbocycles. The Balaban J connectivity index is 1.41. The van der Waals surface area contributed by atoms with Gasteiger partial charge in [-0.25, -0.2) is 9.78 Å². The van der Waals surface area contributed by atoms with E-state index in [1.807, 2.05) is 19.1 Å². The molecule has 3 aromatic heterocycles. The standard InChI is InChI=1S/C23H24N6O3S/c1-14(16-4-3-6-25-12-16)10-20(30)28-22-18(11-24)17-5-9-29(13-19(17)33-22)23(31)32-15(2)21-26-7-8-27-21/h3-4,6-8,12,14-15H,5,9-10,13H2,1-2H3,(H,26,27)(H,28,30). The molecule has 0 aromatic carbocycles. The van der Waals surface area contributed by atoms with Gasteiger partial charge in [-0.2, -0.15) is 5.26 Å². The fraction of sp³-hybridized carbons (Fsp3) is 0.348. The van der Waals surface area contributed by atoms with E-state index in [0.29, 0.717) is 35.9 Å². The fourth-order valence-corrected chi connectivity index (χ4v) is 5.02. The van der Waals surface area contributed by atoms with Gasteiger partial charge in [-0.05, 0) is 36.5 Å². The maximum Gasteiger partial charge on any atom is 0.410 e. The number of aromatic nitrogens is 3. The third kappa shape index (κ3) is 5.04. The van der Waals surface area contributed by atoms with Gasteiger partial charge in [-0.3, -0.25) is 9.78 Å². The van der Waals surface area contributed by atoms with E-state index in [2.05, 4.69) is 26.3 Å². The highest BCUT2D eigenvalue weighted by Gasteiger charge is 2.29. The van der Waals surface area contributed by atoms with Crippen LogP contribution in [0.1, 0.15) is 59.7 Å². The van der Waals surface area contributed by atoms with Crippen molar-refractivity contribution in [3.63, 3.8) is 0 Å². The van der Waals surface area contributed by atoms with Gasteiger partial charge in [0.05, 0.1) is 12.1 Å². The lowest BCUT2D eigenvalue weighted by molar-refractivity contribution is -0.116. The van der Waals surface area contributed by atoms with Crippen LogP contribution in [0.4, 0.5) is 9.80 Å². The topological polar surface area (TPSA) is 124 Å². The molecule has 4 heterocycles. The lowest BCUT2D eigenvalue weighted by Crippen LogP contribution is -2.36. The van der Waals surface area contributed by atoms with Crippen LogP contribution in [0.2, 0.25) is 0 Å². The number of fused-ring (bicyclic) bond motifs is 1. The van der Waals surface area contributed by atoms with Crippen molar-refractivity contribution in [2.45, 2.75) is 45.3 Å². The Morgan fingerprint density at radius 1 is 1.39 bits per heavy atom. The number of carbonyl (C=O) groups excluding carboxylic acids is 2. The molecule has 2 amide bonds. The maximum absolute atomic E-state index is 12.7. The number of nitriles is 1. The van der Waals surface area contributed by atoms with Crippen molar-refractivity contribution in [3.05, 3.63) is 64.3 Å². The molecule has 33 heavy (non-hydrogen) atoms. The van der Waals surface area contributed by atoms with Gasteiger partial charge in [-0.1, -0.05) is 13.0 Å². The van der Waals surface area contributed by atoms with E-state index < -0.39 is 12.2 Å². The zero-order valence-corrected chi connectivity index (χ0v) is 19.2. The number of amides is 2. The van der Waals surface area contributed by atoms with E-state index in [9.17, 15) is 14.9 Å². The largest absolute Gasteiger partial charge is 0.438 e. The number of rotatable bonds is 6. The van der Waals surface area contributed by atoms with E-state index in [1.165, 1.54) is 11.3 Å². The highest BCUT2D eigenvalue weighted by molar-refractivity contribution is 7.16. The number of pyridine rings is 1. The minimum atomic E-state index is -0.497. The molecule has 170 valence electrons. The van der Waals surface area contributed by atoms with Crippen LogP contribution in [0.3, 0.4) is 0 Å². The quantitative estimate of drug-likeness (QED) is 0.565. The third-order valence-electron chi connectivity index (χ3n) is 5.61.